The summed E-state index contributed by atoms with van der Waals surface area (Å²) in [5.41, 5.74) is 0. The van der Waals surface area contributed by atoms with Gasteiger partial charge in [-0.15, -0.1) is 0 Å². The number of phosphoric ester groups is 1. The van der Waals surface area contributed by atoms with Crippen molar-refractivity contribution in [1.82, 2.24) is 4.90 Å². The Kier molecular flexibility index (Phi) is 27.9. The van der Waals surface area contributed by atoms with Gasteiger partial charge < -0.3 is 0 Å². The maximum absolute atomic E-state index is 13.3. The lowest BCUT2D eigenvalue weighted by molar-refractivity contribution is -0.280. The molecule has 0 heterocycles. The maximum atomic E-state index is 13.3. The summed E-state index contributed by atoms with van der Waals surface area (Å²) in [6.45, 7) is 7.94. The van der Waals surface area contributed by atoms with Gasteiger partial charge in [-0.25, -0.2) is 24.1 Å². The van der Waals surface area contributed by atoms with Crippen molar-refractivity contribution in [3.63, 3.8) is 0 Å². The van der Waals surface area contributed by atoms with Crippen LogP contribution in [0, 0.1) is 0 Å². The van der Waals surface area contributed by atoms with Gasteiger partial charge in [-0.1, -0.05) is 90.9 Å². The second kappa shape index (κ2) is 27.9. The highest BCUT2D eigenvalue weighted by atomic mass is 31.2. The molecule has 0 unspecified atom stereocenters. The molecule has 218 valence electrons. The summed E-state index contributed by atoms with van der Waals surface area (Å²) in [4.78, 5) is 21.3. The van der Waals surface area contributed by atoms with E-state index in [4.69, 9.17) is 23.3 Å². The molecular formula is C26H56NO8P. The largest absolute Gasteiger partial charge is 0.474 e. The molecule has 0 aliphatic carbocycles. The molecule has 0 aromatic carbocycles. The van der Waals surface area contributed by atoms with Gasteiger partial charge in [0, 0.05) is 19.6 Å². The number of nitrogens with zero attached hydrogens (tertiary/aromatic N) is 1. The Bertz CT molecular complexity index is 453. The van der Waals surface area contributed by atoms with E-state index in [0.29, 0.717) is 46.1 Å². The van der Waals surface area contributed by atoms with Gasteiger partial charge in [0.2, 0.25) is 0 Å². The third-order valence-corrected chi connectivity index (χ3v) is 7.37. The topological polar surface area (TPSA) is 84.9 Å². The molecule has 0 N–H and O–H groups in total. The third-order valence-electron chi connectivity index (χ3n) is 5.87. The van der Waals surface area contributed by atoms with Crippen molar-refractivity contribution in [3.05, 3.63) is 0 Å². The molecule has 0 spiro atoms. The highest BCUT2D eigenvalue weighted by Gasteiger charge is 2.26. The van der Waals surface area contributed by atoms with Crippen LogP contribution in [0.25, 0.3) is 0 Å². The summed E-state index contributed by atoms with van der Waals surface area (Å²) in [5, 5.41) is 0. The average Bonchev–Trinajstić information content (AvgIpc) is 2.87. The normalized spacial score (nSPS) is 12.1. The quantitative estimate of drug-likeness (QED) is 0.0409. The van der Waals surface area contributed by atoms with Crippen LogP contribution in [0.4, 0.5) is 0 Å². The van der Waals surface area contributed by atoms with Gasteiger partial charge in [0.15, 0.2) is 0 Å². The molecule has 0 saturated carbocycles. The third kappa shape index (κ3) is 24.3. The molecule has 10 heteroatoms. The van der Waals surface area contributed by atoms with Gasteiger partial charge in [0.1, 0.15) is 0 Å². The SMILES string of the molecule is CCCCCCCCCOP(=O)(OCCCCCCCCC)OCCN(CCOOC)CCOOC. The Hall–Kier alpha value is -0.0900. The molecule has 0 amide bonds. The summed E-state index contributed by atoms with van der Waals surface area (Å²) in [6, 6.07) is 0. The van der Waals surface area contributed by atoms with Crippen LogP contribution in [0.2, 0.25) is 0 Å². The number of rotatable bonds is 30. The lowest BCUT2D eigenvalue weighted by Crippen LogP contribution is -2.34. The maximum Gasteiger partial charge on any atom is 0.474 e. The van der Waals surface area contributed by atoms with Crippen LogP contribution in [0.1, 0.15) is 104 Å². The summed E-state index contributed by atoms with van der Waals surface area (Å²) in [6.07, 6.45) is 16.3. The summed E-state index contributed by atoms with van der Waals surface area (Å²) in [7, 11) is -0.660. The number of hydrogen-bond acceptors (Lipinski definition) is 9. The molecule has 0 atom stereocenters. The zero-order valence-corrected chi connectivity index (χ0v) is 24.6. The van der Waals surface area contributed by atoms with Gasteiger partial charge in [-0.2, -0.15) is 0 Å². The summed E-state index contributed by atoms with van der Waals surface area (Å²) < 4.78 is 30.4. The van der Waals surface area contributed by atoms with Crippen molar-refractivity contribution in [2.75, 3.05) is 66.9 Å². The molecule has 0 rings (SSSR count). The van der Waals surface area contributed by atoms with Crippen molar-refractivity contribution in [3.8, 4) is 0 Å². The number of hydrogen-bond donors (Lipinski definition) is 0. The van der Waals surface area contributed by atoms with Crippen LogP contribution in [0.15, 0.2) is 0 Å². The molecule has 0 fully saturated rings. The van der Waals surface area contributed by atoms with Gasteiger partial charge in [0.05, 0.1) is 47.3 Å². The van der Waals surface area contributed by atoms with E-state index in [1.165, 1.54) is 78.4 Å². The molecule has 0 radical (unpaired) electrons. The highest BCUT2D eigenvalue weighted by Crippen LogP contribution is 2.49. The Balaban J connectivity index is 4.50. The van der Waals surface area contributed by atoms with Crippen LogP contribution in [-0.2, 0) is 37.7 Å². The van der Waals surface area contributed by atoms with E-state index >= 15 is 0 Å². The van der Waals surface area contributed by atoms with E-state index in [0.717, 1.165) is 25.7 Å². The molecule has 0 aromatic heterocycles. The minimum Gasteiger partial charge on any atom is -0.296 e. The first-order chi connectivity index (χ1) is 17.6. The van der Waals surface area contributed by atoms with Crippen LogP contribution in [0.5, 0.6) is 0 Å². The lowest BCUT2D eigenvalue weighted by atomic mass is 10.1. The van der Waals surface area contributed by atoms with Crippen LogP contribution in [0.3, 0.4) is 0 Å². The Morgan fingerprint density at radius 3 is 1.28 bits per heavy atom. The molecule has 0 bridgehead atoms. The van der Waals surface area contributed by atoms with Gasteiger partial charge in [0.25, 0.3) is 0 Å². The number of phosphoric acid groups is 1. The second-order valence-electron chi connectivity index (χ2n) is 9.01. The smallest absolute Gasteiger partial charge is 0.296 e. The van der Waals surface area contributed by atoms with Crippen molar-refractivity contribution in [2.24, 2.45) is 0 Å². The monoisotopic (exact) mass is 541 g/mol. The molecule has 0 aliphatic heterocycles. The second-order valence-corrected chi connectivity index (χ2v) is 10.7. The average molecular weight is 542 g/mol. The standard InChI is InChI=1S/C26H56NO8P/c1-5-7-9-11-13-15-17-22-33-36(28,34-23-18-16-14-12-10-8-6-2)35-26-21-27(19-24-31-29-3)20-25-32-30-4/h5-26H2,1-4H3. The van der Waals surface area contributed by atoms with Gasteiger partial charge in [-0.05, 0) is 12.8 Å². The molecule has 0 aliphatic rings. The molecule has 36 heavy (non-hydrogen) atoms. The van der Waals surface area contributed by atoms with Crippen LogP contribution < -0.4 is 0 Å². The minimum atomic E-state index is -3.61. The molecule has 9 nitrogen and oxygen atoms in total. The molecule has 0 aromatic rings. The van der Waals surface area contributed by atoms with E-state index < -0.39 is 7.82 Å². The van der Waals surface area contributed by atoms with Gasteiger partial charge >= 0.3 is 7.82 Å². The predicted molar refractivity (Wildman–Crippen MR) is 144 cm³/mol. The van der Waals surface area contributed by atoms with E-state index in [9.17, 15) is 4.57 Å². The Morgan fingerprint density at radius 1 is 0.500 bits per heavy atom. The highest BCUT2D eigenvalue weighted by molar-refractivity contribution is 7.48. The van der Waals surface area contributed by atoms with E-state index in [1.807, 2.05) is 0 Å². The van der Waals surface area contributed by atoms with Gasteiger partial charge in [-0.3, -0.25) is 18.5 Å². The predicted octanol–water partition coefficient (Wildman–Crippen LogP) is 7.10. The van der Waals surface area contributed by atoms with Crippen LogP contribution in [-0.4, -0.2) is 71.8 Å². The van der Waals surface area contributed by atoms with Crippen molar-refractivity contribution >= 4 is 7.82 Å². The lowest BCUT2D eigenvalue weighted by Gasteiger charge is -2.23. The first-order valence-electron chi connectivity index (χ1n) is 14.2. The van der Waals surface area contributed by atoms with Crippen LogP contribution >= 0.6 is 7.82 Å². The zero-order valence-electron chi connectivity index (χ0n) is 23.7. The van der Waals surface area contributed by atoms with E-state index in [1.54, 1.807) is 0 Å². The fourth-order valence-corrected chi connectivity index (χ4v) is 4.93. The molecular weight excluding hydrogens is 485 g/mol. The number of unbranched alkanes of at least 4 members (excludes halogenated alkanes) is 12. The Labute approximate surface area is 221 Å². The minimum absolute atomic E-state index is 0.214. The van der Waals surface area contributed by atoms with Crippen molar-refractivity contribution in [1.29, 1.82) is 0 Å². The fourth-order valence-electron chi connectivity index (χ4n) is 3.70. The summed E-state index contributed by atoms with van der Waals surface area (Å²) >= 11 is 0. The van der Waals surface area contributed by atoms with E-state index in [-0.39, 0.29) is 6.61 Å². The summed E-state index contributed by atoms with van der Waals surface area (Å²) in [5.74, 6) is 0. The van der Waals surface area contributed by atoms with E-state index in [2.05, 4.69) is 28.5 Å². The van der Waals surface area contributed by atoms with Crippen molar-refractivity contribution < 1.29 is 37.7 Å². The zero-order chi connectivity index (χ0) is 26.6. The molecule has 0 saturated heterocycles. The fraction of sp³-hybridized carbons (Fsp3) is 1.00. The first kappa shape index (κ1) is 35.9. The first-order valence-corrected chi connectivity index (χ1v) is 15.6. The Morgan fingerprint density at radius 2 is 0.861 bits per heavy atom. The van der Waals surface area contributed by atoms with Crippen molar-refractivity contribution in [2.45, 2.75) is 104 Å².